The summed E-state index contributed by atoms with van der Waals surface area (Å²) in [5, 5.41) is 7.32. The summed E-state index contributed by atoms with van der Waals surface area (Å²) in [6.07, 6.45) is 0. The van der Waals surface area contributed by atoms with E-state index in [2.05, 4.69) is 16.0 Å². The molecular weight excluding hydrogens is 261 g/mol. The van der Waals surface area contributed by atoms with E-state index >= 15 is 0 Å². The van der Waals surface area contributed by atoms with Crippen LogP contribution in [0.15, 0.2) is 18.2 Å². The number of nitrogens with one attached hydrogen (secondary N) is 3. The summed E-state index contributed by atoms with van der Waals surface area (Å²) in [5.41, 5.74) is 0.144. The highest BCUT2D eigenvalue weighted by molar-refractivity contribution is 6.30. The topological polar surface area (TPSA) is 70.2 Å². The van der Waals surface area contributed by atoms with Gasteiger partial charge in [-0.15, -0.1) is 0 Å². The van der Waals surface area contributed by atoms with Crippen molar-refractivity contribution in [3.8, 4) is 0 Å². The number of benzene rings is 1. The maximum atomic E-state index is 13.3. The summed E-state index contributed by atoms with van der Waals surface area (Å²) < 4.78 is 13.3. The third kappa shape index (κ3) is 4.58. The van der Waals surface area contributed by atoms with Gasteiger partial charge in [-0.25, -0.2) is 9.18 Å². The number of imide groups is 1. The lowest BCUT2D eigenvalue weighted by molar-refractivity contribution is -0.118. The summed E-state index contributed by atoms with van der Waals surface area (Å²) in [6, 6.07) is 3.46. The lowest BCUT2D eigenvalue weighted by Crippen LogP contribution is -2.41. The van der Waals surface area contributed by atoms with Crippen LogP contribution in [0.2, 0.25) is 5.02 Å². The van der Waals surface area contributed by atoms with Crippen LogP contribution in [-0.4, -0.2) is 25.0 Å². The molecule has 0 fully saturated rings. The van der Waals surface area contributed by atoms with Gasteiger partial charge in [-0.3, -0.25) is 10.1 Å². The Bertz CT molecular complexity index is 454. The third-order valence-corrected chi connectivity index (χ3v) is 2.20. The number of hydrogen-bond donors (Lipinski definition) is 3. The van der Waals surface area contributed by atoms with E-state index in [0.717, 1.165) is 6.07 Å². The van der Waals surface area contributed by atoms with E-state index in [0.29, 0.717) is 6.54 Å². The van der Waals surface area contributed by atoms with Gasteiger partial charge in [0.05, 0.1) is 12.2 Å². The molecule has 3 N–H and O–H groups in total. The predicted molar refractivity (Wildman–Crippen MR) is 67.1 cm³/mol. The molecule has 0 bridgehead atoms. The number of urea groups is 1. The summed E-state index contributed by atoms with van der Waals surface area (Å²) in [7, 11) is 0. The fourth-order valence-corrected chi connectivity index (χ4v) is 1.34. The van der Waals surface area contributed by atoms with E-state index < -0.39 is 17.8 Å². The van der Waals surface area contributed by atoms with Crippen molar-refractivity contribution in [1.82, 2.24) is 10.6 Å². The van der Waals surface area contributed by atoms with E-state index in [1.807, 2.05) is 0 Å². The summed E-state index contributed by atoms with van der Waals surface area (Å²) >= 11 is 5.58. The number of rotatable bonds is 4. The fourth-order valence-electron chi connectivity index (χ4n) is 1.18. The Kier molecular flexibility index (Phi) is 5.38. The minimum Gasteiger partial charge on any atom is -0.374 e. The molecule has 98 valence electrons. The minimum absolute atomic E-state index is 0.144. The second-order valence-corrected chi connectivity index (χ2v) is 3.82. The molecule has 1 rings (SSSR count). The molecule has 18 heavy (non-hydrogen) atoms. The zero-order valence-corrected chi connectivity index (χ0v) is 10.5. The highest BCUT2D eigenvalue weighted by Crippen LogP contribution is 2.18. The van der Waals surface area contributed by atoms with Gasteiger partial charge in [0.15, 0.2) is 0 Å². The molecule has 0 aliphatic heterocycles. The van der Waals surface area contributed by atoms with Crippen molar-refractivity contribution in [3.05, 3.63) is 29.0 Å². The summed E-state index contributed by atoms with van der Waals surface area (Å²) in [4.78, 5) is 22.3. The quantitative estimate of drug-likeness (QED) is 0.782. The van der Waals surface area contributed by atoms with Gasteiger partial charge in [0, 0.05) is 11.6 Å². The largest absolute Gasteiger partial charge is 0.374 e. The van der Waals surface area contributed by atoms with Crippen LogP contribution in [0.5, 0.6) is 0 Å². The molecule has 0 unspecified atom stereocenters. The first kappa shape index (κ1) is 14.2. The SMILES string of the molecule is CCNC(=O)NC(=O)CNc1ccc(Cl)cc1F. The Balaban J connectivity index is 2.45. The lowest BCUT2D eigenvalue weighted by atomic mass is 10.3. The van der Waals surface area contributed by atoms with Gasteiger partial charge in [-0.2, -0.15) is 0 Å². The molecule has 0 saturated carbocycles. The molecule has 1 aromatic rings. The Morgan fingerprint density at radius 1 is 1.39 bits per heavy atom. The Morgan fingerprint density at radius 2 is 2.11 bits per heavy atom. The number of carbonyl (C=O) groups is 2. The van der Waals surface area contributed by atoms with Crippen LogP contribution in [0.3, 0.4) is 0 Å². The van der Waals surface area contributed by atoms with E-state index in [9.17, 15) is 14.0 Å². The zero-order chi connectivity index (χ0) is 13.5. The normalized spacial score (nSPS) is 9.72. The molecule has 5 nitrogen and oxygen atoms in total. The first-order valence-corrected chi connectivity index (χ1v) is 5.67. The van der Waals surface area contributed by atoms with E-state index in [4.69, 9.17) is 11.6 Å². The van der Waals surface area contributed by atoms with Crippen molar-refractivity contribution in [3.63, 3.8) is 0 Å². The van der Waals surface area contributed by atoms with Crippen molar-refractivity contribution in [1.29, 1.82) is 0 Å². The van der Waals surface area contributed by atoms with Crippen LogP contribution in [-0.2, 0) is 4.79 Å². The van der Waals surface area contributed by atoms with Gasteiger partial charge in [-0.1, -0.05) is 11.6 Å². The maximum Gasteiger partial charge on any atom is 0.321 e. The van der Waals surface area contributed by atoms with Crippen LogP contribution in [0.4, 0.5) is 14.9 Å². The highest BCUT2D eigenvalue weighted by atomic mass is 35.5. The third-order valence-electron chi connectivity index (χ3n) is 1.96. The van der Waals surface area contributed by atoms with Crippen LogP contribution >= 0.6 is 11.6 Å². The van der Waals surface area contributed by atoms with Crippen molar-refractivity contribution in [2.75, 3.05) is 18.4 Å². The van der Waals surface area contributed by atoms with Crippen LogP contribution in [0, 0.1) is 5.82 Å². The maximum absolute atomic E-state index is 13.3. The Hall–Kier alpha value is -1.82. The van der Waals surface area contributed by atoms with Crippen LogP contribution < -0.4 is 16.0 Å². The minimum atomic E-state index is -0.583. The second kappa shape index (κ2) is 6.80. The van der Waals surface area contributed by atoms with Crippen molar-refractivity contribution < 1.29 is 14.0 Å². The molecule has 1 aromatic carbocycles. The van der Waals surface area contributed by atoms with E-state index in [-0.39, 0.29) is 17.3 Å². The molecule has 3 amide bonds. The van der Waals surface area contributed by atoms with E-state index in [1.54, 1.807) is 6.92 Å². The van der Waals surface area contributed by atoms with Gasteiger partial charge in [0.2, 0.25) is 5.91 Å². The summed E-state index contributed by atoms with van der Waals surface area (Å²) in [6.45, 7) is 1.93. The Morgan fingerprint density at radius 3 is 2.72 bits per heavy atom. The number of anilines is 1. The average Bonchev–Trinajstić information content (AvgIpc) is 2.28. The second-order valence-electron chi connectivity index (χ2n) is 3.39. The fraction of sp³-hybridized carbons (Fsp3) is 0.273. The van der Waals surface area contributed by atoms with Gasteiger partial charge >= 0.3 is 6.03 Å². The van der Waals surface area contributed by atoms with Crippen molar-refractivity contribution in [2.45, 2.75) is 6.92 Å². The van der Waals surface area contributed by atoms with Gasteiger partial charge in [-0.05, 0) is 25.1 Å². The van der Waals surface area contributed by atoms with Gasteiger partial charge in [0.1, 0.15) is 5.82 Å². The molecule has 0 radical (unpaired) electrons. The standard InChI is InChI=1S/C11H13ClFN3O2/c1-2-14-11(18)16-10(17)6-15-9-4-3-7(12)5-8(9)13/h3-5,15H,2,6H2,1H3,(H2,14,16,17,18). The number of carbonyl (C=O) groups excluding carboxylic acids is 2. The van der Waals surface area contributed by atoms with Gasteiger partial charge < -0.3 is 10.6 Å². The zero-order valence-electron chi connectivity index (χ0n) is 9.72. The number of amides is 3. The van der Waals surface area contributed by atoms with E-state index in [1.165, 1.54) is 12.1 Å². The lowest BCUT2D eigenvalue weighted by Gasteiger charge is -2.08. The number of hydrogen-bond acceptors (Lipinski definition) is 3. The first-order chi connectivity index (χ1) is 8.52. The Labute approximate surface area is 109 Å². The molecule has 0 aliphatic carbocycles. The number of halogens is 2. The molecule has 0 heterocycles. The molecule has 0 aromatic heterocycles. The monoisotopic (exact) mass is 273 g/mol. The molecule has 7 heteroatoms. The van der Waals surface area contributed by atoms with Crippen LogP contribution in [0.1, 0.15) is 6.92 Å². The average molecular weight is 274 g/mol. The highest BCUT2D eigenvalue weighted by Gasteiger charge is 2.08. The smallest absolute Gasteiger partial charge is 0.321 e. The van der Waals surface area contributed by atoms with Crippen molar-refractivity contribution in [2.24, 2.45) is 0 Å². The predicted octanol–water partition coefficient (Wildman–Crippen LogP) is 1.74. The summed E-state index contributed by atoms with van der Waals surface area (Å²) in [5.74, 6) is -1.12. The molecule has 0 atom stereocenters. The molecule has 0 spiro atoms. The van der Waals surface area contributed by atoms with Crippen molar-refractivity contribution >= 4 is 29.2 Å². The van der Waals surface area contributed by atoms with Crippen LogP contribution in [0.25, 0.3) is 0 Å². The molecule has 0 saturated heterocycles. The molecule has 0 aliphatic rings. The molecular formula is C11H13ClFN3O2. The van der Waals surface area contributed by atoms with Gasteiger partial charge in [0.25, 0.3) is 0 Å². The first-order valence-electron chi connectivity index (χ1n) is 5.29.